The van der Waals surface area contributed by atoms with Gasteiger partial charge in [-0.1, -0.05) is 6.07 Å². The molecule has 0 aliphatic rings. The number of pyridine rings is 1. The highest BCUT2D eigenvalue weighted by molar-refractivity contribution is 7.90. The fourth-order valence-corrected chi connectivity index (χ4v) is 2.40. The maximum absolute atomic E-state index is 11.4. The van der Waals surface area contributed by atoms with Crippen molar-refractivity contribution >= 4 is 15.5 Å². The Bertz CT molecular complexity index is 637. The molecule has 0 N–H and O–H groups in total. The minimum atomic E-state index is -3.14. The summed E-state index contributed by atoms with van der Waals surface area (Å²) in [6.45, 7) is 0.680. The zero-order chi connectivity index (χ0) is 13.9. The molecule has 19 heavy (non-hydrogen) atoms. The molecule has 1 aromatic carbocycles. The van der Waals surface area contributed by atoms with Gasteiger partial charge < -0.3 is 4.90 Å². The summed E-state index contributed by atoms with van der Waals surface area (Å²) in [5.74, 6) is 0. The number of hydrogen-bond donors (Lipinski definition) is 0. The van der Waals surface area contributed by atoms with Crippen molar-refractivity contribution in [3.8, 4) is 0 Å². The molecule has 0 aliphatic heterocycles. The lowest BCUT2D eigenvalue weighted by Crippen LogP contribution is -2.17. The molecule has 0 amide bonds. The number of aromatic nitrogens is 1. The van der Waals surface area contributed by atoms with E-state index in [2.05, 4.69) is 4.98 Å². The van der Waals surface area contributed by atoms with Gasteiger partial charge in [-0.2, -0.15) is 0 Å². The van der Waals surface area contributed by atoms with Crippen molar-refractivity contribution in [3.05, 3.63) is 54.4 Å². The summed E-state index contributed by atoms with van der Waals surface area (Å²) in [6.07, 6.45) is 2.97. The molecule has 0 saturated heterocycles. The van der Waals surface area contributed by atoms with Crippen LogP contribution < -0.4 is 4.90 Å². The van der Waals surface area contributed by atoms with Crippen molar-refractivity contribution in [3.63, 3.8) is 0 Å². The smallest absolute Gasteiger partial charge is 0.175 e. The summed E-state index contributed by atoms with van der Waals surface area (Å²) in [7, 11) is -1.19. The van der Waals surface area contributed by atoms with E-state index in [0.717, 1.165) is 11.4 Å². The van der Waals surface area contributed by atoms with Crippen LogP contribution in [0.4, 0.5) is 5.69 Å². The van der Waals surface area contributed by atoms with E-state index in [9.17, 15) is 8.42 Å². The van der Waals surface area contributed by atoms with Gasteiger partial charge in [0, 0.05) is 25.2 Å². The third-order valence-corrected chi connectivity index (χ3v) is 3.96. The largest absolute Gasteiger partial charge is 0.369 e. The number of sulfone groups is 1. The maximum Gasteiger partial charge on any atom is 0.175 e. The van der Waals surface area contributed by atoms with Crippen LogP contribution in [0.2, 0.25) is 0 Å². The Labute approximate surface area is 113 Å². The number of rotatable bonds is 4. The first kappa shape index (κ1) is 13.5. The van der Waals surface area contributed by atoms with Gasteiger partial charge in [0.05, 0.1) is 17.1 Å². The van der Waals surface area contributed by atoms with Crippen LogP contribution >= 0.6 is 0 Å². The zero-order valence-corrected chi connectivity index (χ0v) is 11.8. The van der Waals surface area contributed by atoms with E-state index in [1.807, 2.05) is 30.1 Å². The molecule has 1 aromatic heterocycles. The normalized spacial score (nSPS) is 11.3. The molecule has 4 nitrogen and oxygen atoms in total. The second-order valence-electron chi connectivity index (χ2n) is 4.44. The molecule has 2 aromatic rings. The fourth-order valence-electron chi connectivity index (χ4n) is 1.77. The van der Waals surface area contributed by atoms with Crippen molar-refractivity contribution < 1.29 is 8.42 Å². The first-order chi connectivity index (χ1) is 8.97. The number of hydrogen-bond acceptors (Lipinski definition) is 4. The minimum Gasteiger partial charge on any atom is -0.369 e. The molecule has 5 heteroatoms. The number of nitrogens with zero attached hydrogens (tertiary/aromatic N) is 2. The average Bonchev–Trinajstić information content (AvgIpc) is 2.39. The van der Waals surface area contributed by atoms with Crippen molar-refractivity contribution in [2.45, 2.75) is 11.4 Å². The first-order valence-corrected chi connectivity index (χ1v) is 7.77. The van der Waals surface area contributed by atoms with Gasteiger partial charge >= 0.3 is 0 Å². The summed E-state index contributed by atoms with van der Waals surface area (Å²) in [6, 6.07) is 12.6. The molecular formula is C14H16N2O2S. The standard InChI is InChI=1S/C14H16N2O2S/c1-16(11-12-5-3-4-10-15-12)13-6-8-14(9-7-13)19(2,17)18/h3-10H,11H2,1-2H3. The summed E-state index contributed by atoms with van der Waals surface area (Å²) in [4.78, 5) is 6.62. The highest BCUT2D eigenvalue weighted by atomic mass is 32.2. The van der Waals surface area contributed by atoms with Crippen molar-refractivity contribution in [2.24, 2.45) is 0 Å². The van der Waals surface area contributed by atoms with Gasteiger partial charge in [0.1, 0.15) is 0 Å². The monoisotopic (exact) mass is 276 g/mol. The highest BCUT2D eigenvalue weighted by Gasteiger charge is 2.08. The maximum atomic E-state index is 11.4. The molecule has 0 radical (unpaired) electrons. The first-order valence-electron chi connectivity index (χ1n) is 5.88. The molecule has 100 valence electrons. The van der Waals surface area contributed by atoms with Gasteiger partial charge in [0.15, 0.2) is 9.84 Å². The second kappa shape index (κ2) is 5.40. The van der Waals surface area contributed by atoms with Crippen LogP contribution in [-0.4, -0.2) is 26.7 Å². The van der Waals surface area contributed by atoms with Crippen LogP contribution in [0.1, 0.15) is 5.69 Å². The van der Waals surface area contributed by atoms with E-state index in [4.69, 9.17) is 0 Å². The highest BCUT2D eigenvalue weighted by Crippen LogP contribution is 2.18. The van der Waals surface area contributed by atoms with E-state index in [1.165, 1.54) is 6.26 Å². The predicted molar refractivity (Wildman–Crippen MR) is 75.9 cm³/mol. The van der Waals surface area contributed by atoms with Gasteiger partial charge in [-0.15, -0.1) is 0 Å². The Balaban J connectivity index is 2.14. The lowest BCUT2D eigenvalue weighted by atomic mass is 10.2. The van der Waals surface area contributed by atoms with Crippen LogP contribution in [0.5, 0.6) is 0 Å². The summed E-state index contributed by atoms with van der Waals surface area (Å²) in [5, 5.41) is 0. The molecule has 0 unspecified atom stereocenters. The van der Waals surface area contributed by atoms with Crippen LogP contribution in [0.3, 0.4) is 0 Å². The third kappa shape index (κ3) is 3.54. The Morgan fingerprint density at radius 1 is 1.11 bits per heavy atom. The Kier molecular flexibility index (Phi) is 3.85. The minimum absolute atomic E-state index is 0.336. The van der Waals surface area contributed by atoms with Crippen molar-refractivity contribution in [1.29, 1.82) is 0 Å². The van der Waals surface area contributed by atoms with E-state index in [-0.39, 0.29) is 0 Å². The Morgan fingerprint density at radius 2 is 1.79 bits per heavy atom. The average molecular weight is 276 g/mol. The second-order valence-corrected chi connectivity index (χ2v) is 6.46. The summed E-state index contributed by atoms with van der Waals surface area (Å²) >= 11 is 0. The summed E-state index contributed by atoms with van der Waals surface area (Å²) < 4.78 is 22.8. The molecular weight excluding hydrogens is 260 g/mol. The third-order valence-electron chi connectivity index (χ3n) is 2.83. The molecule has 0 fully saturated rings. The lowest BCUT2D eigenvalue weighted by molar-refractivity contribution is 0.602. The van der Waals surface area contributed by atoms with Crippen molar-refractivity contribution in [1.82, 2.24) is 4.98 Å². The molecule has 2 rings (SSSR count). The van der Waals surface area contributed by atoms with Gasteiger partial charge in [-0.05, 0) is 36.4 Å². The topological polar surface area (TPSA) is 50.3 Å². The van der Waals surface area contributed by atoms with E-state index in [1.54, 1.807) is 30.5 Å². The van der Waals surface area contributed by atoms with Crippen LogP contribution in [0.15, 0.2) is 53.6 Å². The molecule has 0 aliphatic carbocycles. The van der Waals surface area contributed by atoms with Gasteiger partial charge in [0.2, 0.25) is 0 Å². The van der Waals surface area contributed by atoms with E-state index >= 15 is 0 Å². The van der Waals surface area contributed by atoms with Crippen LogP contribution in [0, 0.1) is 0 Å². The summed E-state index contributed by atoms with van der Waals surface area (Å²) in [5.41, 5.74) is 1.93. The van der Waals surface area contributed by atoms with Gasteiger partial charge in [-0.25, -0.2) is 8.42 Å². The Morgan fingerprint density at radius 3 is 2.32 bits per heavy atom. The molecule has 0 bridgehead atoms. The molecule has 0 spiro atoms. The molecule has 0 saturated carbocycles. The Hall–Kier alpha value is -1.88. The predicted octanol–water partition coefficient (Wildman–Crippen LogP) is 2.12. The SMILES string of the molecule is CN(Cc1ccccn1)c1ccc(S(C)(=O)=O)cc1. The quantitative estimate of drug-likeness (QED) is 0.858. The van der Waals surface area contributed by atoms with Crippen LogP contribution in [-0.2, 0) is 16.4 Å². The van der Waals surface area contributed by atoms with Crippen LogP contribution in [0.25, 0.3) is 0 Å². The lowest BCUT2D eigenvalue weighted by Gasteiger charge is -2.19. The number of benzene rings is 1. The van der Waals surface area contributed by atoms with Gasteiger partial charge in [0.25, 0.3) is 0 Å². The fraction of sp³-hybridized carbons (Fsp3) is 0.214. The van der Waals surface area contributed by atoms with E-state index < -0.39 is 9.84 Å². The molecule has 0 atom stereocenters. The van der Waals surface area contributed by atoms with E-state index in [0.29, 0.717) is 11.4 Å². The number of anilines is 1. The molecule has 1 heterocycles. The van der Waals surface area contributed by atoms with Crippen molar-refractivity contribution in [2.75, 3.05) is 18.2 Å². The van der Waals surface area contributed by atoms with Gasteiger partial charge in [-0.3, -0.25) is 4.98 Å². The zero-order valence-electron chi connectivity index (χ0n) is 10.9.